The molecule has 0 fully saturated rings. The molecule has 150 heavy (non-hydrogen) atoms. The van der Waals surface area contributed by atoms with E-state index in [9.17, 15) is 0 Å². The van der Waals surface area contributed by atoms with Crippen LogP contribution in [-0.2, 0) is 0 Å². The monoisotopic (exact) mass is 2000 g/mol. The van der Waals surface area contributed by atoms with Gasteiger partial charge in [0.15, 0.2) is 17.5 Å². The quantitative estimate of drug-likeness (QED) is 0.152. The fraction of sp³-hybridized carbons (Fsp3) is 0. The van der Waals surface area contributed by atoms with Gasteiger partial charge in [0, 0.05) is 189 Å². The molecular formula is C135H78N10S5. The van der Waals surface area contributed by atoms with Crippen molar-refractivity contribution in [2.24, 2.45) is 0 Å². The third kappa shape index (κ3) is 11.8. The number of pyridine rings is 3. The number of rotatable bonds is 8. The lowest BCUT2D eigenvalue weighted by atomic mass is 10.0. The number of aromatic nitrogens is 10. The topological polar surface area (TPSA) is 73.2 Å². The van der Waals surface area contributed by atoms with Crippen molar-refractivity contribution >= 4 is 310 Å². The van der Waals surface area contributed by atoms with E-state index in [0.29, 0.717) is 0 Å². The molecular weight excluding hydrogens is 1920 g/mol. The minimum Gasteiger partial charge on any atom is -0.309 e. The van der Waals surface area contributed by atoms with Gasteiger partial charge >= 0.3 is 0 Å². The molecule has 0 aliphatic heterocycles. The lowest BCUT2D eigenvalue weighted by Gasteiger charge is -2.11. The molecule has 10 nitrogen and oxygen atoms in total. The van der Waals surface area contributed by atoms with Gasteiger partial charge in [-0.3, -0.25) is 13.7 Å². The van der Waals surface area contributed by atoms with Crippen molar-refractivity contribution < 1.29 is 0 Å². The number of nitrogens with zero attached hydrogens (tertiary/aromatic N) is 10. The zero-order valence-corrected chi connectivity index (χ0v) is 84.1. The van der Waals surface area contributed by atoms with Crippen LogP contribution in [0.25, 0.3) is 305 Å². The molecule has 0 saturated heterocycles. The first-order chi connectivity index (χ1) is 74.6. The van der Waals surface area contributed by atoms with E-state index in [1.165, 1.54) is 259 Å². The van der Waals surface area contributed by atoms with E-state index in [2.05, 4.69) is 487 Å². The van der Waals surface area contributed by atoms with Crippen molar-refractivity contribution in [2.45, 2.75) is 0 Å². The first-order valence-electron chi connectivity index (χ1n) is 50.7. The van der Waals surface area contributed by atoms with Crippen LogP contribution >= 0.6 is 56.7 Å². The minimum atomic E-state index is 0.964. The molecule has 0 aliphatic rings. The molecule has 0 amide bonds. The SMILES string of the molecule is c1ccc(-c2ccc(-n3c4ccccc4c4c5sc6ccccc6c5c5c6ccnc(-n7c8ccccc8c8ccccc87)c6sc5c43)cc2)cc1.c1ccc(-n2c3ccccc3c3c2c2sc4c(-n5c6ccccc6c6ccccc65)nccc4c2c2c4ccccc4n(-c4ccccc4)c23)cc1.c1ccc(-n2c3ccccc3c3c4sc5ccccc5c4c4c5ccnc(-n6c7ccccc7c7ccccc76)c5sc4c32)cc1. The van der Waals surface area contributed by atoms with Gasteiger partial charge in [-0.2, -0.15) is 0 Å². The lowest BCUT2D eigenvalue weighted by Crippen LogP contribution is -1.96. The summed E-state index contributed by atoms with van der Waals surface area (Å²) in [7, 11) is 0. The Kier molecular flexibility index (Phi) is 18.2. The van der Waals surface area contributed by atoms with Crippen LogP contribution < -0.4 is 0 Å². The van der Waals surface area contributed by atoms with E-state index in [1.807, 2.05) is 75.3 Å². The molecule has 0 radical (unpaired) electrons. The second-order valence-corrected chi connectivity index (χ2v) is 44.1. The molecule has 0 bridgehead atoms. The molecule has 15 aromatic heterocycles. The summed E-state index contributed by atoms with van der Waals surface area (Å²) in [6.07, 6.45) is 6.02. The van der Waals surface area contributed by atoms with E-state index in [0.717, 1.165) is 45.5 Å². The Balaban J connectivity index is 0.0000000976. The Bertz CT molecular complexity index is 11800. The van der Waals surface area contributed by atoms with Crippen LogP contribution in [0, 0.1) is 0 Å². The summed E-state index contributed by atoms with van der Waals surface area (Å²) in [6, 6.07) is 165. The molecule has 35 rings (SSSR count). The van der Waals surface area contributed by atoms with Crippen LogP contribution in [0.4, 0.5) is 0 Å². The van der Waals surface area contributed by atoms with E-state index < -0.39 is 0 Å². The summed E-state index contributed by atoms with van der Waals surface area (Å²) >= 11 is 9.48. The van der Waals surface area contributed by atoms with Crippen molar-refractivity contribution in [3.05, 3.63) is 474 Å². The average Bonchev–Trinajstić information content (AvgIpc) is 1.51. The van der Waals surface area contributed by atoms with Crippen LogP contribution in [0.15, 0.2) is 474 Å². The van der Waals surface area contributed by atoms with E-state index in [4.69, 9.17) is 15.0 Å². The van der Waals surface area contributed by atoms with Gasteiger partial charge in [-0.15, -0.1) is 56.7 Å². The zero-order valence-electron chi connectivity index (χ0n) is 80.0. The largest absolute Gasteiger partial charge is 0.309 e. The standard InChI is InChI=1S/C47H28N4S.C47H27N3S2.C41H23N3S2/c1-3-15-29(16-4-1)49-38-25-13-9-21-33(38)40-41-35-27-28-48-47(51-36-23-11-7-19-31(36)32-20-8-12-24-37(32)51)45(35)52-46(41)44-42(43(40)49)34-22-10-14-26-39(34)50(44)30-17-5-2-6-18-30;1-2-12-28(13-3-1)29-22-24-30(25-23-29)49-38-20-10-6-16-33(38)42-43(49)46-41(40-34-17-7-11-21-39(34)51-45(40)42)35-26-27-48-47(44(35)52-46)50-36-18-8-4-14-31(36)32-15-5-9-19-37(32)50;1-2-12-24(13-3-1)43-32-20-10-6-16-27(32)36-37(43)40-35(34-28-17-7-11-21-33(28)45-39(34)36)29-22-23-42-41(38(29)46-40)44-30-18-8-4-14-25(30)26-15-5-9-19-31(26)44/h1-28H;1-27H;1-23H. The van der Waals surface area contributed by atoms with Gasteiger partial charge in [-0.05, 0) is 151 Å². The van der Waals surface area contributed by atoms with Crippen LogP contribution in [0.2, 0.25) is 0 Å². The van der Waals surface area contributed by atoms with Gasteiger partial charge in [0.2, 0.25) is 0 Å². The number of para-hydroxylation sites is 13. The molecule has 0 saturated carbocycles. The molecule has 0 atom stereocenters. The van der Waals surface area contributed by atoms with E-state index in [1.54, 1.807) is 0 Å². The Hall–Kier alpha value is -18.5. The third-order valence-electron chi connectivity index (χ3n) is 31.2. The van der Waals surface area contributed by atoms with E-state index >= 15 is 0 Å². The number of hydrogen-bond acceptors (Lipinski definition) is 8. The Labute approximate surface area is 874 Å². The second-order valence-electron chi connectivity index (χ2n) is 38.9. The average molecular weight is 2000 g/mol. The highest BCUT2D eigenvalue weighted by atomic mass is 32.1. The molecule has 0 unspecified atom stereocenters. The van der Waals surface area contributed by atoms with Crippen LogP contribution in [0.3, 0.4) is 0 Å². The number of hydrogen-bond donors (Lipinski definition) is 0. The van der Waals surface area contributed by atoms with Crippen molar-refractivity contribution in [2.75, 3.05) is 0 Å². The summed E-state index contributed by atoms with van der Waals surface area (Å²) in [5, 5.41) is 30.7. The van der Waals surface area contributed by atoms with E-state index in [-0.39, 0.29) is 0 Å². The molecule has 0 aliphatic carbocycles. The Morgan fingerprint density at radius 3 is 0.687 bits per heavy atom. The molecule has 15 heteroatoms. The van der Waals surface area contributed by atoms with Gasteiger partial charge in [0.1, 0.15) is 0 Å². The maximum absolute atomic E-state index is 5.20. The smallest absolute Gasteiger partial charge is 0.155 e. The van der Waals surface area contributed by atoms with Gasteiger partial charge in [0.05, 0.1) is 105 Å². The Morgan fingerprint density at radius 2 is 0.360 bits per heavy atom. The first kappa shape index (κ1) is 83.8. The fourth-order valence-electron chi connectivity index (χ4n) is 25.2. The summed E-state index contributed by atoms with van der Waals surface area (Å²) in [5.74, 6) is 2.93. The fourth-order valence-corrected chi connectivity index (χ4v) is 31.7. The molecule has 0 N–H and O–H groups in total. The minimum absolute atomic E-state index is 0.964. The van der Waals surface area contributed by atoms with Gasteiger partial charge in [-0.1, -0.05) is 315 Å². The first-order valence-corrected chi connectivity index (χ1v) is 54.8. The number of thiophene rings is 5. The highest BCUT2D eigenvalue weighted by molar-refractivity contribution is 7.31. The molecule has 0 spiro atoms. The number of fused-ring (bicyclic) bond motifs is 45. The van der Waals surface area contributed by atoms with Crippen molar-refractivity contribution in [3.8, 4) is 51.3 Å². The van der Waals surface area contributed by atoms with Crippen LogP contribution in [0.1, 0.15) is 0 Å². The van der Waals surface area contributed by atoms with Crippen molar-refractivity contribution in [3.63, 3.8) is 0 Å². The third-order valence-corrected chi connectivity index (χ3v) is 37.2. The lowest BCUT2D eigenvalue weighted by molar-refractivity contribution is 1.10. The Morgan fingerprint density at radius 1 is 0.133 bits per heavy atom. The second kappa shape index (κ2) is 32.5. The highest BCUT2D eigenvalue weighted by Crippen LogP contribution is 2.59. The van der Waals surface area contributed by atoms with Crippen molar-refractivity contribution in [1.29, 1.82) is 0 Å². The van der Waals surface area contributed by atoms with Crippen molar-refractivity contribution in [1.82, 2.24) is 46.9 Å². The highest BCUT2D eigenvalue weighted by Gasteiger charge is 2.34. The summed E-state index contributed by atoms with van der Waals surface area (Å²) < 4.78 is 29.9. The van der Waals surface area contributed by atoms with Gasteiger partial charge < -0.3 is 18.3 Å². The molecule has 20 aromatic carbocycles. The molecule has 698 valence electrons. The zero-order chi connectivity index (χ0) is 97.8. The molecule has 15 heterocycles. The predicted molar refractivity (Wildman–Crippen MR) is 643 cm³/mol. The summed E-state index contributed by atoms with van der Waals surface area (Å²) in [4.78, 5) is 15.5. The summed E-state index contributed by atoms with van der Waals surface area (Å²) in [6.45, 7) is 0. The maximum Gasteiger partial charge on any atom is 0.155 e. The van der Waals surface area contributed by atoms with Gasteiger partial charge in [-0.25, -0.2) is 15.0 Å². The van der Waals surface area contributed by atoms with Gasteiger partial charge in [0.25, 0.3) is 0 Å². The maximum atomic E-state index is 5.20. The molecule has 35 aromatic rings. The van der Waals surface area contributed by atoms with Crippen LogP contribution in [-0.4, -0.2) is 46.9 Å². The summed E-state index contributed by atoms with van der Waals surface area (Å²) in [5.41, 5.74) is 23.9. The normalized spacial score (nSPS) is 12.3. The predicted octanol–water partition coefficient (Wildman–Crippen LogP) is 38.4. The number of benzene rings is 20. The van der Waals surface area contributed by atoms with Crippen LogP contribution in [0.5, 0.6) is 0 Å².